The first-order valence-corrected chi connectivity index (χ1v) is 9.52. The lowest BCUT2D eigenvalue weighted by molar-refractivity contribution is 1.06. The van der Waals surface area contributed by atoms with Gasteiger partial charge < -0.3 is 0 Å². The molecule has 0 aliphatic rings. The fourth-order valence-electron chi connectivity index (χ4n) is 3.47. The lowest BCUT2D eigenvalue weighted by Gasteiger charge is -2.10. The second-order valence-electron chi connectivity index (χ2n) is 6.50. The number of aromatic nitrogens is 3. The van der Waals surface area contributed by atoms with E-state index in [0.717, 1.165) is 11.1 Å². The second-order valence-corrected chi connectivity index (χ2v) is 7.18. The van der Waals surface area contributed by atoms with Gasteiger partial charge >= 0.3 is 0 Å². The molecule has 5 heteroatoms. The van der Waals surface area contributed by atoms with Gasteiger partial charge in [0.05, 0.1) is 0 Å². The number of hydrogen-bond donors (Lipinski definition) is 0. The van der Waals surface area contributed by atoms with Crippen molar-refractivity contribution in [3.8, 4) is 22.5 Å². The summed E-state index contributed by atoms with van der Waals surface area (Å²) in [6.45, 7) is 0. The standard InChI is InChI=1S/C23H13Cl2N3/c24-22-26-21(27-23(25)28-22)15-10-8-14(9-11-15)19-7-3-6-18-12-16-4-1-2-5-17(16)13-20(18)19/h1-13H. The number of hydrogen-bond acceptors (Lipinski definition) is 3. The Morgan fingerprint density at radius 1 is 0.536 bits per heavy atom. The molecule has 0 spiro atoms. The van der Waals surface area contributed by atoms with Crippen molar-refractivity contribution in [2.45, 2.75) is 0 Å². The Morgan fingerprint density at radius 2 is 1.14 bits per heavy atom. The van der Waals surface area contributed by atoms with Crippen LogP contribution < -0.4 is 0 Å². The Kier molecular flexibility index (Phi) is 4.19. The molecule has 0 aliphatic carbocycles. The zero-order chi connectivity index (χ0) is 19.1. The third-order valence-corrected chi connectivity index (χ3v) is 5.12. The van der Waals surface area contributed by atoms with E-state index in [1.165, 1.54) is 27.1 Å². The van der Waals surface area contributed by atoms with Crippen molar-refractivity contribution < 1.29 is 0 Å². The highest BCUT2D eigenvalue weighted by atomic mass is 35.5. The van der Waals surface area contributed by atoms with E-state index >= 15 is 0 Å². The highest BCUT2D eigenvalue weighted by molar-refractivity contribution is 6.31. The van der Waals surface area contributed by atoms with Crippen LogP contribution >= 0.6 is 23.2 Å². The van der Waals surface area contributed by atoms with Gasteiger partial charge in [0.25, 0.3) is 0 Å². The van der Waals surface area contributed by atoms with Gasteiger partial charge in [-0.25, -0.2) is 0 Å². The van der Waals surface area contributed by atoms with Gasteiger partial charge in [0, 0.05) is 5.56 Å². The van der Waals surface area contributed by atoms with Gasteiger partial charge in [-0.05, 0) is 68.0 Å². The molecular formula is C23H13Cl2N3. The smallest absolute Gasteiger partial charge is 0.198 e. The van der Waals surface area contributed by atoms with E-state index in [1.54, 1.807) is 0 Å². The molecule has 0 radical (unpaired) electrons. The summed E-state index contributed by atoms with van der Waals surface area (Å²) in [6.07, 6.45) is 0. The predicted octanol–water partition coefficient (Wildman–Crippen LogP) is 6.82. The van der Waals surface area contributed by atoms with Crippen molar-refractivity contribution in [1.29, 1.82) is 0 Å². The average Bonchev–Trinajstić information content (AvgIpc) is 2.71. The molecule has 0 saturated heterocycles. The van der Waals surface area contributed by atoms with Crippen molar-refractivity contribution >= 4 is 44.7 Å². The van der Waals surface area contributed by atoms with Crippen LogP contribution in [-0.2, 0) is 0 Å². The minimum Gasteiger partial charge on any atom is -0.198 e. The maximum atomic E-state index is 5.89. The van der Waals surface area contributed by atoms with Crippen LogP contribution in [0.25, 0.3) is 44.1 Å². The molecule has 0 aliphatic heterocycles. The minimum atomic E-state index is 0.0833. The average molecular weight is 402 g/mol. The Bertz CT molecular complexity index is 1310. The van der Waals surface area contributed by atoms with Crippen molar-refractivity contribution in [3.63, 3.8) is 0 Å². The molecule has 28 heavy (non-hydrogen) atoms. The van der Waals surface area contributed by atoms with E-state index in [1.807, 2.05) is 12.1 Å². The summed E-state index contributed by atoms with van der Waals surface area (Å²) in [5, 5.41) is 5.08. The van der Waals surface area contributed by atoms with E-state index in [0.29, 0.717) is 5.82 Å². The number of benzene rings is 4. The molecule has 4 aromatic carbocycles. The molecule has 0 atom stereocenters. The van der Waals surface area contributed by atoms with E-state index < -0.39 is 0 Å². The molecule has 0 unspecified atom stereocenters. The molecule has 5 aromatic rings. The van der Waals surface area contributed by atoms with Gasteiger partial charge in [0.2, 0.25) is 10.6 Å². The molecule has 1 heterocycles. The Balaban J connectivity index is 1.63. The summed E-state index contributed by atoms with van der Waals surface area (Å²) in [5.74, 6) is 0.459. The summed E-state index contributed by atoms with van der Waals surface area (Å²) >= 11 is 11.8. The zero-order valence-electron chi connectivity index (χ0n) is 14.6. The molecule has 1 aromatic heterocycles. The monoisotopic (exact) mass is 401 g/mol. The molecule has 0 fully saturated rings. The summed E-state index contributed by atoms with van der Waals surface area (Å²) in [4.78, 5) is 12.1. The second kappa shape index (κ2) is 6.86. The van der Waals surface area contributed by atoms with Crippen LogP contribution in [0.1, 0.15) is 0 Å². The number of nitrogens with zero attached hydrogens (tertiary/aromatic N) is 3. The lowest BCUT2D eigenvalue weighted by Crippen LogP contribution is -1.93. The van der Waals surface area contributed by atoms with Gasteiger partial charge in [-0.15, -0.1) is 0 Å². The number of rotatable bonds is 2. The summed E-state index contributed by atoms with van der Waals surface area (Å²) in [5.41, 5.74) is 3.14. The highest BCUT2D eigenvalue weighted by Gasteiger charge is 2.09. The Morgan fingerprint density at radius 3 is 1.86 bits per heavy atom. The molecule has 134 valence electrons. The first kappa shape index (κ1) is 17.1. The van der Waals surface area contributed by atoms with Gasteiger partial charge in [-0.2, -0.15) is 15.0 Å². The van der Waals surface area contributed by atoms with Crippen LogP contribution in [0.5, 0.6) is 0 Å². The van der Waals surface area contributed by atoms with E-state index in [-0.39, 0.29) is 10.6 Å². The highest BCUT2D eigenvalue weighted by Crippen LogP contribution is 2.32. The van der Waals surface area contributed by atoms with Gasteiger partial charge in [-0.3, -0.25) is 0 Å². The number of fused-ring (bicyclic) bond motifs is 2. The normalized spacial score (nSPS) is 11.2. The van der Waals surface area contributed by atoms with Crippen LogP contribution in [0.15, 0.2) is 78.9 Å². The minimum absolute atomic E-state index is 0.0833. The third kappa shape index (κ3) is 3.09. The molecular weight excluding hydrogens is 389 g/mol. The van der Waals surface area contributed by atoms with Gasteiger partial charge in [0.1, 0.15) is 0 Å². The maximum absolute atomic E-state index is 5.89. The predicted molar refractivity (Wildman–Crippen MR) is 116 cm³/mol. The molecule has 0 N–H and O–H groups in total. The number of halogens is 2. The zero-order valence-corrected chi connectivity index (χ0v) is 16.1. The van der Waals surface area contributed by atoms with E-state index in [2.05, 4.69) is 81.7 Å². The molecule has 0 amide bonds. The Hall–Kier alpha value is -3.01. The summed E-state index contributed by atoms with van der Waals surface area (Å²) in [7, 11) is 0. The van der Waals surface area contributed by atoms with Crippen LogP contribution in [0, 0.1) is 0 Å². The van der Waals surface area contributed by atoms with Crippen LogP contribution in [-0.4, -0.2) is 15.0 Å². The summed E-state index contributed by atoms with van der Waals surface area (Å²) < 4.78 is 0. The lowest BCUT2D eigenvalue weighted by atomic mass is 9.95. The summed E-state index contributed by atoms with van der Waals surface area (Å²) in [6, 6.07) is 27.3. The topological polar surface area (TPSA) is 38.7 Å². The SMILES string of the molecule is Clc1nc(Cl)nc(-c2ccc(-c3cccc4cc5ccccc5cc34)cc2)n1. The maximum Gasteiger partial charge on any atom is 0.227 e. The first-order valence-electron chi connectivity index (χ1n) is 8.77. The van der Waals surface area contributed by atoms with Crippen molar-refractivity contribution in [3.05, 3.63) is 89.4 Å². The molecule has 0 bridgehead atoms. The Labute approximate surface area is 171 Å². The first-order chi connectivity index (χ1) is 13.7. The van der Waals surface area contributed by atoms with Crippen LogP contribution in [0.3, 0.4) is 0 Å². The fraction of sp³-hybridized carbons (Fsp3) is 0. The van der Waals surface area contributed by atoms with Gasteiger partial charge in [0.15, 0.2) is 5.82 Å². The van der Waals surface area contributed by atoms with E-state index in [4.69, 9.17) is 23.2 Å². The fourth-order valence-corrected chi connectivity index (χ4v) is 3.84. The molecule has 3 nitrogen and oxygen atoms in total. The van der Waals surface area contributed by atoms with E-state index in [9.17, 15) is 0 Å². The quantitative estimate of drug-likeness (QED) is 0.304. The third-order valence-electron chi connectivity index (χ3n) is 4.78. The molecule has 5 rings (SSSR count). The van der Waals surface area contributed by atoms with Gasteiger partial charge in [-0.1, -0.05) is 66.7 Å². The largest absolute Gasteiger partial charge is 0.227 e. The van der Waals surface area contributed by atoms with Crippen LogP contribution in [0.4, 0.5) is 0 Å². The van der Waals surface area contributed by atoms with Crippen molar-refractivity contribution in [2.75, 3.05) is 0 Å². The molecule has 0 saturated carbocycles. The van der Waals surface area contributed by atoms with Crippen LogP contribution in [0.2, 0.25) is 10.6 Å². The van der Waals surface area contributed by atoms with Crippen molar-refractivity contribution in [1.82, 2.24) is 15.0 Å². The van der Waals surface area contributed by atoms with Crippen molar-refractivity contribution in [2.24, 2.45) is 0 Å².